The zero-order valence-corrected chi connectivity index (χ0v) is 19.8. The zero-order valence-electron chi connectivity index (χ0n) is 18.0. The minimum absolute atomic E-state index is 0.0427. The summed E-state index contributed by atoms with van der Waals surface area (Å²) in [5, 5.41) is 31.4. The maximum Gasteiger partial charge on any atom is 0.567 e. The van der Waals surface area contributed by atoms with Crippen LogP contribution in [0.3, 0.4) is 0 Å². The number of aliphatic hydroxyl groups excluding tert-OH is 3. The summed E-state index contributed by atoms with van der Waals surface area (Å²) >= 11 is 0. The maximum absolute atomic E-state index is 10.9. The molecule has 0 spiro atoms. The molecule has 202 valence electrons. The standard InChI is InChI=1S/C15H25N5O14P2/c16-12-7-13(18-3-17-12)20(4-19-7)14-11(9(22)6(32-14)2-31-36(27,28)29)34-15-10(23)8(21)5(33-15)1-30-35(24,25)26/h3-6,8-11,14-15,21-29H,1-2H2,(H2,16,17,18)/q+2/t5-,6-,8-,9-,10-,11-,14-,15-/m1/s1. The fourth-order valence-electron chi connectivity index (χ4n) is 3.75. The highest BCUT2D eigenvalue weighted by Gasteiger charge is 2.53. The van der Waals surface area contributed by atoms with Gasteiger partial charge in [0.25, 0.3) is 0 Å². The first-order chi connectivity index (χ1) is 16.7. The van der Waals surface area contributed by atoms with E-state index in [0.29, 0.717) is 0 Å². The van der Waals surface area contributed by atoms with E-state index in [9.17, 15) is 15.3 Å². The Hall–Kier alpha value is -1.35. The fraction of sp³-hybridized carbons (Fsp3) is 0.667. The summed E-state index contributed by atoms with van der Waals surface area (Å²) in [6, 6.07) is 0. The molecule has 2 saturated heterocycles. The summed E-state index contributed by atoms with van der Waals surface area (Å²) < 4.78 is 27.1. The summed E-state index contributed by atoms with van der Waals surface area (Å²) in [6.45, 7) is -1.42. The number of aromatic nitrogens is 4. The van der Waals surface area contributed by atoms with Crippen molar-refractivity contribution in [2.45, 2.75) is 49.1 Å². The molecule has 0 saturated carbocycles. The minimum Gasteiger partial charge on any atom is -0.387 e. The number of ether oxygens (including phenoxy) is 3. The largest absolute Gasteiger partial charge is 0.567 e. The van der Waals surface area contributed by atoms with Gasteiger partial charge >= 0.3 is 16.3 Å². The SMILES string of the molecule is Nc1ncnc2c1ncn2[C@@H]1O[C@H](CO[P+](O)(O)O)[C@@H](O)[C@H]1O[C@H]1O[C@H](CO[P+](O)(O)O)[C@@H](O)[C@H]1O. The van der Waals surface area contributed by atoms with Crippen LogP contribution < -0.4 is 5.73 Å². The molecule has 11 N–H and O–H groups in total. The molecule has 4 heterocycles. The minimum atomic E-state index is -4.68. The molecule has 0 aliphatic carbocycles. The Kier molecular flexibility index (Phi) is 8.02. The van der Waals surface area contributed by atoms with Crippen molar-refractivity contribution in [2.24, 2.45) is 0 Å². The Bertz CT molecular complexity index is 1050. The summed E-state index contributed by atoms with van der Waals surface area (Å²) in [5.41, 5.74) is 6.15. The van der Waals surface area contributed by atoms with Crippen LogP contribution >= 0.6 is 16.3 Å². The van der Waals surface area contributed by atoms with E-state index >= 15 is 0 Å². The van der Waals surface area contributed by atoms with Crippen molar-refractivity contribution in [3.63, 3.8) is 0 Å². The number of nitrogens with zero attached hydrogens (tertiary/aromatic N) is 4. The first-order valence-corrected chi connectivity index (χ1v) is 13.3. The van der Waals surface area contributed by atoms with Crippen LogP contribution in [0.25, 0.3) is 11.2 Å². The summed E-state index contributed by atoms with van der Waals surface area (Å²) in [6.07, 6.45) is -9.50. The smallest absolute Gasteiger partial charge is 0.387 e. The topological polar surface area (TPSA) is 298 Å². The van der Waals surface area contributed by atoms with Crippen LogP contribution in [0, 0.1) is 0 Å². The zero-order chi connectivity index (χ0) is 26.4. The molecule has 36 heavy (non-hydrogen) atoms. The van der Waals surface area contributed by atoms with E-state index in [4.69, 9.17) is 49.3 Å². The van der Waals surface area contributed by atoms with Crippen molar-refractivity contribution in [3.8, 4) is 0 Å². The van der Waals surface area contributed by atoms with Gasteiger partial charge in [-0.15, -0.1) is 0 Å². The van der Waals surface area contributed by atoms with Crippen molar-refractivity contribution in [1.29, 1.82) is 0 Å². The van der Waals surface area contributed by atoms with Gasteiger partial charge in [0, 0.05) is 0 Å². The predicted octanol–water partition coefficient (Wildman–Crippen LogP) is -4.16. The van der Waals surface area contributed by atoms with E-state index in [1.54, 1.807) is 0 Å². The second-order valence-corrected chi connectivity index (χ2v) is 10.5. The number of hydrogen-bond donors (Lipinski definition) is 10. The molecular formula is C15H25N5O14P2+2. The number of imidazole rings is 1. The molecule has 2 aromatic rings. The van der Waals surface area contributed by atoms with Gasteiger partial charge in [-0.1, -0.05) is 0 Å². The third kappa shape index (κ3) is 6.03. The van der Waals surface area contributed by atoms with Crippen LogP contribution in [-0.4, -0.2) is 120 Å². The van der Waals surface area contributed by atoms with Gasteiger partial charge in [-0.2, -0.15) is 38.4 Å². The number of aliphatic hydroxyl groups is 3. The average molecular weight is 561 g/mol. The summed E-state index contributed by atoms with van der Waals surface area (Å²) in [4.78, 5) is 66.3. The number of nitrogen functional groups attached to an aromatic ring is 1. The van der Waals surface area contributed by atoms with Crippen molar-refractivity contribution in [2.75, 3.05) is 18.9 Å². The van der Waals surface area contributed by atoms with Gasteiger partial charge in [-0.3, -0.25) is 4.57 Å². The lowest BCUT2D eigenvalue weighted by Crippen LogP contribution is -2.42. The molecule has 0 amide bonds. The molecule has 2 aliphatic heterocycles. The predicted molar refractivity (Wildman–Crippen MR) is 114 cm³/mol. The van der Waals surface area contributed by atoms with Gasteiger partial charge in [0.05, 0.1) is 6.33 Å². The highest BCUT2D eigenvalue weighted by molar-refractivity contribution is 7.53. The van der Waals surface area contributed by atoms with Gasteiger partial charge < -0.3 is 35.3 Å². The molecule has 0 bridgehead atoms. The molecule has 0 unspecified atom stereocenters. The maximum atomic E-state index is 10.9. The molecule has 4 rings (SSSR count). The van der Waals surface area contributed by atoms with Crippen molar-refractivity contribution in [3.05, 3.63) is 12.7 Å². The number of fused-ring (bicyclic) bond motifs is 1. The monoisotopic (exact) mass is 561 g/mol. The van der Waals surface area contributed by atoms with E-state index in [1.807, 2.05) is 0 Å². The lowest BCUT2D eigenvalue weighted by molar-refractivity contribution is -0.219. The van der Waals surface area contributed by atoms with E-state index in [2.05, 4.69) is 24.0 Å². The molecule has 0 aromatic carbocycles. The van der Waals surface area contributed by atoms with Gasteiger partial charge in [0.1, 0.15) is 61.7 Å². The molecule has 21 heteroatoms. The summed E-state index contributed by atoms with van der Waals surface area (Å²) in [7, 11) is -9.33. The van der Waals surface area contributed by atoms with Crippen LogP contribution in [0.5, 0.6) is 0 Å². The van der Waals surface area contributed by atoms with E-state index < -0.39 is 78.7 Å². The Morgan fingerprint density at radius 3 is 2.08 bits per heavy atom. The second-order valence-electron chi connectivity index (χ2n) is 7.88. The van der Waals surface area contributed by atoms with Gasteiger partial charge in [0.15, 0.2) is 24.0 Å². The first kappa shape index (κ1) is 27.7. The molecule has 19 nitrogen and oxygen atoms in total. The van der Waals surface area contributed by atoms with E-state index in [-0.39, 0.29) is 17.0 Å². The Balaban J connectivity index is 1.57. The number of nitrogens with two attached hydrogens (primary N) is 1. The van der Waals surface area contributed by atoms with Gasteiger partial charge in [-0.25, -0.2) is 15.0 Å². The van der Waals surface area contributed by atoms with Crippen LogP contribution in [0.1, 0.15) is 6.23 Å². The molecule has 2 aliphatic rings. The highest BCUT2D eigenvalue weighted by Crippen LogP contribution is 2.48. The fourth-order valence-corrected chi connectivity index (χ4v) is 4.44. The summed E-state index contributed by atoms with van der Waals surface area (Å²) in [5.74, 6) is 0.0427. The molecule has 2 aromatic heterocycles. The van der Waals surface area contributed by atoms with Crippen LogP contribution in [-0.2, 0) is 23.3 Å². The third-order valence-electron chi connectivity index (χ3n) is 5.41. The van der Waals surface area contributed by atoms with Crippen LogP contribution in [0.15, 0.2) is 12.7 Å². The first-order valence-electron chi connectivity index (χ1n) is 10.1. The number of anilines is 1. The number of hydrogen-bond acceptors (Lipinski definition) is 18. The normalized spacial score (nSPS) is 33.6. The van der Waals surface area contributed by atoms with Crippen molar-refractivity contribution >= 4 is 33.3 Å². The number of rotatable bonds is 9. The lowest BCUT2D eigenvalue weighted by atomic mass is 10.1. The molecular weight excluding hydrogens is 536 g/mol. The Labute approximate surface area is 202 Å². The van der Waals surface area contributed by atoms with Crippen LogP contribution in [0.4, 0.5) is 5.82 Å². The lowest BCUT2D eigenvalue weighted by Gasteiger charge is -2.26. The molecule has 0 radical (unpaired) electrons. The van der Waals surface area contributed by atoms with Crippen LogP contribution in [0.2, 0.25) is 0 Å². The van der Waals surface area contributed by atoms with E-state index in [0.717, 1.165) is 6.33 Å². The van der Waals surface area contributed by atoms with Crippen molar-refractivity contribution in [1.82, 2.24) is 19.5 Å². The Morgan fingerprint density at radius 1 is 0.861 bits per heavy atom. The Morgan fingerprint density at radius 2 is 1.47 bits per heavy atom. The molecule has 8 atom stereocenters. The van der Waals surface area contributed by atoms with Crippen molar-refractivity contribution < 1.29 is 67.9 Å². The highest BCUT2D eigenvalue weighted by atomic mass is 31.2. The average Bonchev–Trinajstić information content (AvgIpc) is 3.42. The van der Waals surface area contributed by atoms with E-state index in [1.165, 1.54) is 10.9 Å². The third-order valence-corrected chi connectivity index (χ3v) is 6.40. The second kappa shape index (κ2) is 10.4. The molecule has 2 fully saturated rings. The van der Waals surface area contributed by atoms with Gasteiger partial charge in [0.2, 0.25) is 0 Å². The quantitative estimate of drug-likeness (QED) is 0.130. The van der Waals surface area contributed by atoms with Gasteiger partial charge in [-0.05, 0) is 0 Å².